The van der Waals surface area contributed by atoms with Crippen molar-refractivity contribution in [1.82, 2.24) is 0 Å². The van der Waals surface area contributed by atoms with E-state index in [4.69, 9.17) is 9.47 Å². The van der Waals surface area contributed by atoms with Gasteiger partial charge in [-0.3, -0.25) is 0 Å². The van der Waals surface area contributed by atoms with Gasteiger partial charge in [0, 0.05) is 62.6 Å². The predicted molar refractivity (Wildman–Crippen MR) is 303 cm³/mol. The molecule has 0 spiro atoms. The maximum Gasteiger partial charge on any atom is 0.136 e. The lowest BCUT2D eigenvalue weighted by atomic mass is 9.92. The van der Waals surface area contributed by atoms with Crippen molar-refractivity contribution in [2.45, 2.75) is 13.2 Å². The van der Waals surface area contributed by atoms with Crippen LogP contribution in [0.1, 0.15) is 11.1 Å². The maximum atomic E-state index is 10.5. The molecule has 0 atom stereocenters. The van der Waals surface area contributed by atoms with Gasteiger partial charge in [-0.25, -0.2) is 0 Å². The van der Waals surface area contributed by atoms with Gasteiger partial charge in [-0.15, -0.1) is 22.7 Å². The Morgan fingerprint density at radius 1 is 0.306 bits per heavy atom. The predicted octanol–water partition coefficient (Wildman–Crippen LogP) is 18.6. The minimum atomic E-state index is -0.0618. The van der Waals surface area contributed by atoms with Gasteiger partial charge in [0.25, 0.3) is 0 Å². The number of hydrogen-bond acceptors (Lipinski definition) is 6. The van der Waals surface area contributed by atoms with Crippen molar-refractivity contribution in [3.63, 3.8) is 0 Å². The summed E-state index contributed by atoms with van der Waals surface area (Å²) in [5, 5.41) is 34.3. The monoisotopic (exact) mass is 962 g/mol. The van der Waals surface area contributed by atoms with Crippen LogP contribution >= 0.6 is 22.7 Å². The number of rotatable bonds is 9. The SMILES string of the molecule is OCc1cc(-c2cccc3c2sc2ccccc23)c2cc(Oc3ccc4ccccc4c3-c3c(Oc4ccc5cc(CO)cc(-c6cccc7c6sc6ccccc67)c5c4)ccc4ccccc34)ccc2c1. The highest BCUT2D eigenvalue weighted by Gasteiger charge is 2.22. The van der Waals surface area contributed by atoms with E-state index < -0.39 is 0 Å². The first-order valence-corrected chi connectivity index (χ1v) is 25.8. The van der Waals surface area contributed by atoms with Gasteiger partial charge in [0.2, 0.25) is 0 Å². The van der Waals surface area contributed by atoms with E-state index in [1.807, 2.05) is 12.1 Å². The first-order chi connectivity index (χ1) is 35.6. The van der Waals surface area contributed by atoms with Gasteiger partial charge in [0.15, 0.2) is 0 Å². The fourth-order valence-electron chi connectivity index (χ4n) is 10.9. The second-order valence-electron chi connectivity index (χ2n) is 18.5. The van der Waals surface area contributed by atoms with Crippen molar-refractivity contribution >= 4 is 106 Å². The van der Waals surface area contributed by atoms with Crippen LogP contribution in [0.3, 0.4) is 0 Å². The highest BCUT2D eigenvalue weighted by molar-refractivity contribution is 7.26. The van der Waals surface area contributed by atoms with Gasteiger partial charge in [0.05, 0.1) is 13.2 Å². The molecule has 342 valence electrons. The average molecular weight is 963 g/mol. The second kappa shape index (κ2) is 17.2. The first-order valence-electron chi connectivity index (χ1n) is 24.1. The van der Waals surface area contributed by atoms with Crippen molar-refractivity contribution in [3.05, 3.63) is 230 Å². The Hall–Kier alpha value is -8.36. The summed E-state index contributed by atoms with van der Waals surface area (Å²) in [5.41, 5.74) is 7.92. The molecule has 0 unspecified atom stereocenters. The number of hydrogen-bond donors (Lipinski definition) is 2. The topological polar surface area (TPSA) is 58.9 Å². The van der Waals surface area contributed by atoms with Gasteiger partial charge >= 0.3 is 0 Å². The summed E-state index contributed by atoms with van der Waals surface area (Å²) in [4.78, 5) is 0. The number of aliphatic hydroxyl groups excluding tert-OH is 2. The molecule has 0 aliphatic rings. The zero-order chi connectivity index (χ0) is 47.9. The third-order valence-corrected chi connectivity index (χ3v) is 16.7. The third kappa shape index (κ3) is 7.02. The molecule has 0 bridgehead atoms. The van der Waals surface area contributed by atoms with Crippen LogP contribution in [0.2, 0.25) is 0 Å². The molecule has 72 heavy (non-hydrogen) atoms. The Morgan fingerprint density at radius 2 is 0.708 bits per heavy atom. The summed E-state index contributed by atoms with van der Waals surface area (Å²) in [6, 6.07) is 76.5. The molecule has 4 nitrogen and oxygen atoms in total. The summed E-state index contributed by atoms with van der Waals surface area (Å²) in [7, 11) is 0. The molecule has 14 aromatic rings. The van der Waals surface area contributed by atoms with Crippen LogP contribution in [0.4, 0.5) is 0 Å². The van der Waals surface area contributed by atoms with E-state index in [9.17, 15) is 10.2 Å². The van der Waals surface area contributed by atoms with Crippen LogP contribution in [-0.4, -0.2) is 10.2 Å². The minimum absolute atomic E-state index is 0.0618. The fourth-order valence-corrected chi connectivity index (χ4v) is 13.4. The average Bonchev–Trinajstić information content (AvgIpc) is 4.02. The zero-order valence-electron chi connectivity index (χ0n) is 38.7. The van der Waals surface area contributed by atoms with Gasteiger partial charge in [0.1, 0.15) is 23.0 Å². The Morgan fingerprint density at radius 3 is 1.17 bits per heavy atom. The molecule has 0 radical (unpaired) electrons. The number of fused-ring (bicyclic) bond motifs is 10. The van der Waals surface area contributed by atoms with Crippen molar-refractivity contribution in [2.75, 3.05) is 0 Å². The van der Waals surface area contributed by atoms with Crippen LogP contribution in [-0.2, 0) is 13.2 Å². The van der Waals surface area contributed by atoms with Crippen LogP contribution in [0.25, 0.3) is 117 Å². The van der Waals surface area contributed by atoms with E-state index in [1.165, 1.54) is 40.3 Å². The normalized spacial score (nSPS) is 11.9. The summed E-state index contributed by atoms with van der Waals surface area (Å²) < 4.78 is 19.3. The highest BCUT2D eigenvalue weighted by atomic mass is 32.1. The second-order valence-corrected chi connectivity index (χ2v) is 20.6. The molecule has 0 amide bonds. The van der Waals surface area contributed by atoms with E-state index in [0.717, 1.165) is 87.6 Å². The minimum Gasteiger partial charge on any atom is -0.457 e. The molecule has 2 aromatic heterocycles. The Balaban J connectivity index is 0.929. The third-order valence-electron chi connectivity index (χ3n) is 14.2. The molecular weight excluding hydrogens is 921 g/mol. The molecule has 0 saturated heterocycles. The lowest BCUT2D eigenvalue weighted by Gasteiger charge is -2.20. The molecular formula is C66H42O4S2. The number of aliphatic hydroxyl groups is 2. The Labute approximate surface area is 422 Å². The molecule has 12 aromatic carbocycles. The van der Waals surface area contributed by atoms with Gasteiger partial charge in [-0.05, 0) is 138 Å². The fraction of sp³-hybridized carbons (Fsp3) is 0.0303. The van der Waals surface area contributed by atoms with E-state index in [0.29, 0.717) is 23.0 Å². The van der Waals surface area contributed by atoms with Crippen molar-refractivity contribution in [2.24, 2.45) is 0 Å². The van der Waals surface area contributed by atoms with Crippen molar-refractivity contribution in [3.8, 4) is 56.4 Å². The summed E-state index contributed by atoms with van der Waals surface area (Å²) >= 11 is 3.61. The Kier molecular flexibility index (Phi) is 10.2. The standard InChI is InChI=1S/C66H42O4S2/c67-37-39-31-43-23-27-45(35-55(43)57(33-39)53-19-9-17-51-49-15-5-7-21-61(49)71-65(51)53)69-59-29-25-41-11-1-3-13-47(41)63(59)64-48-14-4-2-12-42(48)26-30-60(64)70-46-28-24-44-32-40(38-68)34-58(56(44)36-46)54-20-10-18-52-50-16-6-8-22-62(50)72-66(52)54/h1-36,67-68H,37-38H2. The van der Waals surface area contributed by atoms with Gasteiger partial charge < -0.3 is 19.7 Å². The molecule has 14 rings (SSSR count). The van der Waals surface area contributed by atoms with Crippen molar-refractivity contribution < 1.29 is 19.7 Å². The van der Waals surface area contributed by atoms with Gasteiger partial charge in [-0.2, -0.15) is 0 Å². The van der Waals surface area contributed by atoms with Crippen LogP contribution < -0.4 is 9.47 Å². The van der Waals surface area contributed by atoms with Crippen molar-refractivity contribution in [1.29, 1.82) is 0 Å². The lowest BCUT2D eigenvalue weighted by Crippen LogP contribution is -1.96. The number of ether oxygens (including phenoxy) is 2. The summed E-state index contributed by atoms with van der Waals surface area (Å²) in [5.74, 6) is 2.79. The molecule has 0 saturated carbocycles. The number of thiophene rings is 2. The molecule has 0 fully saturated rings. The van der Waals surface area contributed by atoms with E-state index in [-0.39, 0.29) is 13.2 Å². The van der Waals surface area contributed by atoms with Crippen LogP contribution in [0.5, 0.6) is 23.0 Å². The smallest absolute Gasteiger partial charge is 0.136 e. The lowest BCUT2D eigenvalue weighted by molar-refractivity contribution is 0.282. The first kappa shape index (κ1) is 42.5. The Bertz CT molecular complexity index is 4220. The largest absolute Gasteiger partial charge is 0.457 e. The van der Waals surface area contributed by atoms with E-state index in [1.54, 1.807) is 22.7 Å². The summed E-state index contributed by atoms with van der Waals surface area (Å²) in [6.45, 7) is -0.124. The quantitative estimate of drug-likeness (QED) is 0.151. The van der Waals surface area contributed by atoms with E-state index in [2.05, 4.69) is 206 Å². The van der Waals surface area contributed by atoms with Crippen LogP contribution in [0, 0.1) is 0 Å². The highest BCUT2D eigenvalue weighted by Crippen LogP contribution is 2.50. The van der Waals surface area contributed by atoms with Gasteiger partial charge in [-0.1, -0.05) is 146 Å². The maximum absolute atomic E-state index is 10.5. The molecule has 0 aliphatic heterocycles. The molecule has 6 heteroatoms. The van der Waals surface area contributed by atoms with Crippen LogP contribution in [0.15, 0.2) is 218 Å². The molecule has 2 N–H and O–H groups in total. The summed E-state index contributed by atoms with van der Waals surface area (Å²) in [6.07, 6.45) is 0. The number of benzene rings is 12. The van der Waals surface area contributed by atoms with E-state index >= 15 is 0 Å². The molecule has 2 heterocycles. The zero-order valence-corrected chi connectivity index (χ0v) is 40.4. The molecule has 0 aliphatic carbocycles.